The molecule has 1 saturated heterocycles. The number of oxazole rings is 1. The number of rotatable bonds is 3. The quantitative estimate of drug-likeness (QED) is 0.921. The van der Waals surface area contributed by atoms with Gasteiger partial charge in [0.1, 0.15) is 0 Å². The summed E-state index contributed by atoms with van der Waals surface area (Å²) in [6.45, 7) is 6.17. The van der Waals surface area contributed by atoms with Gasteiger partial charge in [0.15, 0.2) is 5.76 Å². The minimum Gasteiger partial charge on any atom is -0.438 e. The molecule has 0 saturated carbocycles. The maximum atomic E-state index is 5.82. The Bertz CT molecular complexity index is 494. The fourth-order valence-electron chi connectivity index (χ4n) is 2.21. The first-order valence-corrected chi connectivity index (χ1v) is 7.14. The normalized spacial score (nSPS) is 21.3. The Morgan fingerprint density at radius 2 is 2.56 bits per heavy atom. The maximum Gasteiger partial charge on any atom is 0.209 e. The van der Waals surface area contributed by atoms with Crippen molar-refractivity contribution in [2.75, 3.05) is 19.6 Å². The summed E-state index contributed by atoms with van der Waals surface area (Å²) in [5, 5.41) is 5.44. The zero-order chi connectivity index (χ0) is 12.4. The van der Waals surface area contributed by atoms with Gasteiger partial charge in [-0.2, -0.15) is 0 Å². The molecule has 4 nitrogen and oxygen atoms in total. The molecule has 1 aliphatic rings. The molecule has 96 valence electrons. The van der Waals surface area contributed by atoms with Gasteiger partial charge < -0.3 is 9.73 Å². The predicted molar refractivity (Wildman–Crippen MR) is 72.6 cm³/mol. The first kappa shape index (κ1) is 11.9. The molecular formula is C13H17N3OS. The standard InChI is InChI=1S/C13H17N3OS/c1-10-7-14-4-5-16(10)9-13-15-8-11(17-13)12-3-2-6-18-12/h2-3,6,8,10,14H,4-5,7,9H2,1H3/t10-/m0/s1. The van der Waals surface area contributed by atoms with E-state index < -0.39 is 0 Å². The van der Waals surface area contributed by atoms with E-state index in [1.807, 2.05) is 12.3 Å². The molecule has 2 aromatic heterocycles. The van der Waals surface area contributed by atoms with E-state index in [4.69, 9.17) is 4.42 Å². The molecule has 2 aromatic rings. The predicted octanol–water partition coefficient (Wildman–Crippen LogP) is 2.20. The summed E-state index contributed by atoms with van der Waals surface area (Å²) in [5.74, 6) is 1.69. The van der Waals surface area contributed by atoms with Crippen LogP contribution in [-0.4, -0.2) is 35.6 Å². The fourth-order valence-corrected chi connectivity index (χ4v) is 2.88. The van der Waals surface area contributed by atoms with Gasteiger partial charge in [-0.15, -0.1) is 11.3 Å². The average Bonchev–Trinajstić information content (AvgIpc) is 3.02. The summed E-state index contributed by atoms with van der Waals surface area (Å²) in [5.41, 5.74) is 0. The fraction of sp³-hybridized carbons (Fsp3) is 0.462. The van der Waals surface area contributed by atoms with Crippen molar-refractivity contribution in [2.24, 2.45) is 0 Å². The maximum absolute atomic E-state index is 5.82. The highest BCUT2D eigenvalue weighted by Crippen LogP contribution is 2.25. The Morgan fingerprint density at radius 3 is 3.33 bits per heavy atom. The molecule has 1 atom stereocenters. The van der Waals surface area contributed by atoms with E-state index in [2.05, 4.69) is 33.6 Å². The van der Waals surface area contributed by atoms with Crippen LogP contribution in [0.2, 0.25) is 0 Å². The van der Waals surface area contributed by atoms with Crippen molar-refractivity contribution in [3.8, 4) is 10.6 Å². The van der Waals surface area contributed by atoms with Crippen molar-refractivity contribution < 1.29 is 4.42 Å². The topological polar surface area (TPSA) is 41.3 Å². The van der Waals surface area contributed by atoms with Gasteiger partial charge in [-0.1, -0.05) is 6.07 Å². The van der Waals surface area contributed by atoms with Gasteiger partial charge >= 0.3 is 0 Å². The minimum atomic E-state index is 0.538. The highest BCUT2D eigenvalue weighted by molar-refractivity contribution is 7.13. The number of nitrogens with one attached hydrogen (secondary N) is 1. The van der Waals surface area contributed by atoms with Crippen molar-refractivity contribution >= 4 is 11.3 Å². The summed E-state index contributed by atoms with van der Waals surface area (Å²) >= 11 is 1.68. The Kier molecular flexibility index (Phi) is 3.45. The summed E-state index contributed by atoms with van der Waals surface area (Å²) in [7, 11) is 0. The third-order valence-corrected chi connectivity index (χ3v) is 4.18. The summed E-state index contributed by atoms with van der Waals surface area (Å²) in [6, 6.07) is 4.62. The average molecular weight is 263 g/mol. The molecule has 0 unspecified atom stereocenters. The molecule has 0 aromatic carbocycles. The van der Waals surface area contributed by atoms with Gasteiger partial charge in [0.25, 0.3) is 0 Å². The molecule has 18 heavy (non-hydrogen) atoms. The van der Waals surface area contributed by atoms with Crippen LogP contribution in [0.4, 0.5) is 0 Å². The van der Waals surface area contributed by atoms with Gasteiger partial charge in [-0.05, 0) is 18.4 Å². The molecule has 0 amide bonds. The second-order valence-corrected chi connectivity index (χ2v) is 5.57. The second-order valence-electron chi connectivity index (χ2n) is 4.62. The lowest BCUT2D eigenvalue weighted by Crippen LogP contribution is -2.49. The third kappa shape index (κ3) is 2.48. The van der Waals surface area contributed by atoms with E-state index in [0.29, 0.717) is 6.04 Å². The number of hydrogen-bond acceptors (Lipinski definition) is 5. The van der Waals surface area contributed by atoms with Crippen LogP contribution in [0.25, 0.3) is 10.6 Å². The van der Waals surface area contributed by atoms with E-state index >= 15 is 0 Å². The molecule has 1 fully saturated rings. The van der Waals surface area contributed by atoms with Crippen LogP contribution < -0.4 is 5.32 Å². The number of nitrogens with zero attached hydrogens (tertiary/aromatic N) is 2. The largest absolute Gasteiger partial charge is 0.438 e. The SMILES string of the molecule is C[C@H]1CNCCN1Cc1ncc(-c2cccs2)o1. The van der Waals surface area contributed by atoms with Crippen LogP contribution in [-0.2, 0) is 6.54 Å². The third-order valence-electron chi connectivity index (χ3n) is 3.29. The van der Waals surface area contributed by atoms with Gasteiger partial charge in [0.05, 0.1) is 17.6 Å². The molecule has 0 spiro atoms. The Morgan fingerprint density at radius 1 is 1.61 bits per heavy atom. The molecular weight excluding hydrogens is 246 g/mol. The Labute approximate surface area is 111 Å². The monoisotopic (exact) mass is 263 g/mol. The van der Waals surface area contributed by atoms with Crippen molar-refractivity contribution in [1.82, 2.24) is 15.2 Å². The van der Waals surface area contributed by atoms with Crippen molar-refractivity contribution in [2.45, 2.75) is 19.5 Å². The lowest BCUT2D eigenvalue weighted by Gasteiger charge is -2.32. The van der Waals surface area contributed by atoms with Crippen molar-refractivity contribution in [3.05, 3.63) is 29.6 Å². The molecule has 5 heteroatoms. The van der Waals surface area contributed by atoms with Crippen LogP contribution >= 0.6 is 11.3 Å². The van der Waals surface area contributed by atoms with Crippen LogP contribution in [0.15, 0.2) is 28.1 Å². The summed E-state index contributed by atoms with van der Waals surface area (Å²) < 4.78 is 5.82. The molecule has 0 radical (unpaired) electrons. The van der Waals surface area contributed by atoms with Crippen LogP contribution in [0, 0.1) is 0 Å². The number of hydrogen-bond donors (Lipinski definition) is 1. The highest BCUT2D eigenvalue weighted by atomic mass is 32.1. The van der Waals surface area contributed by atoms with E-state index in [1.54, 1.807) is 11.3 Å². The second kappa shape index (κ2) is 5.22. The molecule has 3 heterocycles. The lowest BCUT2D eigenvalue weighted by molar-refractivity contribution is 0.151. The van der Waals surface area contributed by atoms with Crippen LogP contribution in [0.3, 0.4) is 0 Å². The zero-order valence-corrected chi connectivity index (χ0v) is 11.2. The molecule has 3 rings (SSSR count). The zero-order valence-electron chi connectivity index (χ0n) is 10.4. The van der Waals surface area contributed by atoms with E-state index in [-0.39, 0.29) is 0 Å². The van der Waals surface area contributed by atoms with Gasteiger partial charge in [-0.25, -0.2) is 4.98 Å². The molecule has 0 aliphatic carbocycles. The Balaban J connectivity index is 1.70. The van der Waals surface area contributed by atoms with Crippen LogP contribution in [0.5, 0.6) is 0 Å². The van der Waals surface area contributed by atoms with Gasteiger partial charge in [0.2, 0.25) is 5.89 Å². The van der Waals surface area contributed by atoms with Crippen molar-refractivity contribution in [1.29, 1.82) is 0 Å². The summed E-state index contributed by atoms with van der Waals surface area (Å²) in [4.78, 5) is 7.92. The van der Waals surface area contributed by atoms with Crippen LogP contribution in [0.1, 0.15) is 12.8 Å². The number of thiophene rings is 1. The molecule has 0 bridgehead atoms. The summed E-state index contributed by atoms with van der Waals surface area (Å²) in [6.07, 6.45) is 1.83. The highest BCUT2D eigenvalue weighted by Gasteiger charge is 2.20. The number of aromatic nitrogens is 1. The molecule has 1 N–H and O–H groups in total. The Hall–Kier alpha value is -1.17. The minimum absolute atomic E-state index is 0.538. The van der Waals surface area contributed by atoms with Gasteiger partial charge in [0, 0.05) is 25.7 Å². The first-order chi connectivity index (χ1) is 8.83. The van der Waals surface area contributed by atoms with E-state index in [1.165, 1.54) is 0 Å². The molecule has 1 aliphatic heterocycles. The smallest absolute Gasteiger partial charge is 0.209 e. The lowest BCUT2D eigenvalue weighted by atomic mass is 10.2. The van der Waals surface area contributed by atoms with E-state index in [9.17, 15) is 0 Å². The first-order valence-electron chi connectivity index (χ1n) is 6.26. The van der Waals surface area contributed by atoms with E-state index in [0.717, 1.165) is 42.7 Å². The number of piperazine rings is 1. The van der Waals surface area contributed by atoms with Gasteiger partial charge in [-0.3, -0.25) is 4.90 Å². The van der Waals surface area contributed by atoms with Crippen molar-refractivity contribution in [3.63, 3.8) is 0 Å².